The Bertz CT molecular complexity index is 1020. The molecule has 3 aromatic rings. The molecule has 0 unspecified atom stereocenters. The van der Waals surface area contributed by atoms with E-state index in [2.05, 4.69) is 14.7 Å². The number of anilines is 1. The molecule has 156 valence electrons. The van der Waals surface area contributed by atoms with Crippen LogP contribution in [0.25, 0.3) is 11.3 Å². The molecule has 5 nitrogen and oxygen atoms in total. The summed E-state index contributed by atoms with van der Waals surface area (Å²) in [5.41, 5.74) is 1.60. The zero-order chi connectivity index (χ0) is 21.9. The zero-order valence-electron chi connectivity index (χ0n) is 16.0. The predicted octanol–water partition coefficient (Wildman–Crippen LogP) is 5.75. The second kappa shape index (κ2) is 8.71. The molecular formula is C21H17ClF3N3O2. The number of alkyl halides is 3. The van der Waals surface area contributed by atoms with Gasteiger partial charge in [-0.25, -0.2) is 4.98 Å². The van der Waals surface area contributed by atoms with Gasteiger partial charge in [0, 0.05) is 22.3 Å². The van der Waals surface area contributed by atoms with Crippen LogP contribution in [0.3, 0.4) is 0 Å². The van der Waals surface area contributed by atoms with E-state index in [0.717, 1.165) is 0 Å². The molecule has 2 aromatic carbocycles. The van der Waals surface area contributed by atoms with E-state index >= 15 is 0 Å². The summed E-state index contributed by atoms with van der Waals surface area (Å²) >= 11 is 5.93. The van der Waals surface area contributed by atoms with Crippen molar-refractivity contribution in [3.05, 3.63) is 71.6 Å². The number of ether oxygens (including phenoxy) is 1. The first kappa shape index (κ1) is 21.6. The van der Waals surface area contributed by atoms with Gasteiger partial charge < -0.3 is 9.64 Å². The molecule has 9 heteroatoms. The summed E-state index contributed by atoms with van der Waals surface area (Å²) in [6.45, 7) is 3.73. The molecular weight excluding hydrogens is 419 g/mol. The molecule has 0 aliphatic rings. The molecule has 1 aromatic heterocycles. The van der Waals surface area contributed by atoms with Gasteiger partial charge in [-0.2, -0.15) is 0 Å². The van der Waals surface area contributed by atoms with Crippen molar-refractivity contribution < 1.29 is 22.7 Å². The number of hydrogen-bond acceptors (Lipinski definition) is 4. The molecule has 0 N–H and O–H groups in total. The van der Waals surface area contributed by atoms with Crippen LogP contribution in [0.15, 0.2) is 60.9 Å². The normalized spacial score (nSPS) is 11.4. The van der Waals surface area contributed by atoms with Crippen LogP contribution in [-0.4, -0.2) is 28.3 Å². The highest BCUT2D eigenvalue weighted by Gasteiger charge is 2.31. The maximum absolute atomic E-state index is 13.1. The Morgan fingerprint density at radius 1 is 1.03 bits per heavy atom. The quantitative estimate of drug-likeness (QED) is 0.512. The van der Waals surface area contributed by atoms with E-state index in [0.29, 0.717) is 22.0 Å². The van der Waals surface area contributed by atoms with Crippen molar-refractivity contribution in [2.75, 3.05) is 4.90 Å². The number of carbonyl (C=O) groups excluding carboxylic acids is 1. The van der Waals surface area contributed by atoms with Gasteiger partial charge in [-0.1, -0.05) is 11.6 Å². The van der Waals surface area contributed by atoms with Gasteiger partial charge in [0.1, 0.15) is 11.4 Å². The highest BCUT2D eigenvalue weighted by atomic mass is 35.5. The molecule has 30 heavy (non-hydrogen) atoms. The third kappa shape index (κ3) is 5.27. The minimum atomic E-state index is -4.77. The van der Waals surface area contributed by atoms with Gasteiger partial charge in [-0.05, 0) is 62.4 Å². The maximum Gasteiger partial charge on any atom is 0.573 e. The lowest BCUT2D eigenvalue weighted by Gasteiger charge is -2.26. The molecule has 0 fully saturated rings. The Morgan fingerprint density at radius 3 is 2.23 bits per heavy atom. The Labute approximate surface area is 176 Å². The molecule has 0 aliphatic heterocycles. The van der Waals surface area contributed by atoms with Crippen LogP contribution in [0.4, 0.5) is 18.9 Å². The molecule has 1 heterocycles. The first-order valence-electron chi connectivity index (χ1n) is 8.91. The SMILES string of the molecule is CC(C)N(C(=O)c1cncc(-c2ccc(OC(F)(F)F)cc2)n1)c1ccc(Cl)cc1. The Kier molecular flexibility index (Phi) is 6.26. The Balaban J connectivity index is 1.88. The standard InChI is InChI=1S/C21H17ClF3N3O2/c1-13(2)28(16-7-5-15(22)6-8-16)20(29)19-12-26-11-18(27-19)14-3-9-17(10-4-14)30-21(23,24)25/h3-13H,1-2H3. The first-order chi connectivity index (χ1) is 14.1. The van der Waals surface area contributed by atoms with Crippen molar-refractivity contribution in [2.45, 2.75) is 26.3 Å². The van der Waals surface area contributed by atoms with Gasteiger partial charge >= 0.3 is 6.36 Å². The van der Waals surface area contributed by atoms with Gasteiger partial charge in [-0.3, -0.25) is 9.78 Å². The van der Waals surface area contributed by atoms with Crippen molar-refractivity contribution in [1.82, 2.24) is 9.97 Å². The van der Waals surface area contributed by atoms with Crippen LogP contribution < -0.4 is 9.64 Å². The third-order valence-electron chi connectivity index (χ3n) is 4.08. The van der Waals surface area contributed by atoms with Gasteiger partial charge in [-0.15, -0.1) is 13.2 Å². The zero-order valence-corrected chi connectivity index (χ0v) is 16.8. The largest absolute Gasteiger partial charge is 0.573 e. The maximum atomic E-state index is 13.1. The van der Waals surface area contributed by atoms with Crippen molar-refractivity contribution in [3.63, 3.8) is 0 Å². The van der Waals surface area contributed by atoms with E-state index < -0.39 is 6.36 Å². The number of rotatable bonds is 5. The number of benzene rings is 2. The molecule has 0 atom stereocenters. The van der Waals surface area contributed by atoms with E-state index in [-0.39, 0.29) is 23.4 Å². The fourth-order valence-corrected chi connectivity index (χ4v) is 2.94. The smallest absolute Gasteiger partial charge is 0.406 e. The second-order valence-corrected chi connectivity index (χ2v) is 7.04. The lowest BCUT2D eigenvalue weighted by atomic mass is 10.1. The Morgan fingerprint density at radius 2 is 1.67 bits per heavy atom. The van der Waals surface area contributed by atoms with E-state index in [1.54, 1.807) is 29.2 Å². The number of carbonyl (C=O) groups is 1. The summed E-state index contributed by atoms with van der Waals surface area (Å²) in [5.74, 6) is -0.709. The monoisotopic (exact) mass is 435 g/mol. The van der Waals surface area contributed by atoms with Crippen LogP contribution in [0.5, 0.6) is 5.75 Å². The minimum absolute atomic E-state index is 0.103. The van der Waals surface area contributed by atoms with E-state index in [1.165, 1.54) is 36.7 Å². The average molecular weight is 436 g/mol. The summed E-state index contributed by atoms with van der Waals surface area (Å²) in [6.07, 6.45) is -1.99. The average Bonchev–Trinajstić information content (AvgIpc) is 2.69. The molecule has 1 amide bonds. The summed E-state index contributed by atoms with van der Waals surface area (Å²) in [7, 11) is 0. The van der Waals surface area contributed by atoms with Crippen molar-refractivity contribution in [2.24, 2.45) is 0 Å². The molecule has 3 rings (SSSR count). The molecule has 0 radical (unpaired) electrons. The van der Waals surface area contributed by atoms with Gasteiger partial charge in [0.25, 0.3) is 5.91 Å². The number of amides is 1. The highest BCUT2D eigenvalue weighted by Crippen LogP contribution is 2.26. The molecule has 0 bridgehead atoms. The summed E-state index contributed by atoms with van der Waals surface area (Å²) in [4.78, 5) is 23.1. The lowest BCUT2D eigenvalue weighted by molar-refractivity contribution is -0.274. The van der Waals surface area contributed by atoms with Crippen LogP contribution in [0, 0.1) is 0 Å². The molecule has 0 saturated heterocycles. The van der Waals surface area contributed by atoms with E-state index in [9.17, 15) is 18.0 Å². The van der Waals surface area contributed by atoms with E-state index in [4.69, 9.17) is 11.6 Å². The van der Waals surface area contributed by atoms with Crippen LogP contribution >= 0.6 is 11.6 Å². The number of halogens is 4. The Hall–Kier alpha value is -3.13. The molecule has 0 spiro atoms. The number of hydrogen-bond donors (Lipinski definition) is 0. The van der Waals surface area contributed by atoms with Crippen molar-refractivity contribution in [1.29, 1.82) is 0 Å². The molecule has 0 aliphatic carbocycles. The second-order valence-electron chi connectivity index (χ2n) is 6.61. The molecule has 0 saturated carbocycles. The van der Waals surface area contributed by atoms with Gasteiger partial charge in [0.2, 0.25) is 0 Å². The van der Waals surface area contributed by atoms with E-state index in [1.807, 2.05) is 13.8 Å². The highest BCUT2D eigenvalue weighted by molar-refractivity contribution is 6.30. The number of nitrogens with zero attached hydrogens (tertiary/aromatic N) is 3. The van der Waals surface area contributed by atoms with Crippen LogP contribution in [0.2, 0.25) is 5.02 Å². The topological polar surface area (TPSA) is 55.3 Å². The van der Waals surface area contributed by atoms with Crippen LogP contribution in [0.1, 0.15) is 24.3 Å². The summed E-state index contributed by atoms with van der Waals surface area (Å²) in [6, 6.07) is 11.9. The lowest BCUT2D eigenvalue weighted by Crippen LogP contribution is -2.37. The van der Waals surface area contributed by atoms with Crippen molar-refractivity contribution >= 4 is 23.2 Å². The van der Waals surface area contributed by atoms with Gasteiger partial charge in [0.05, 0.1) is 18.1 Å². The van der Waals surface area contributed by atoms with Crippen LogP contribution in [-0.2, 0) is 0 Å². The van der Waals surface area contributed by atoms with Crippen molar-refractivity contribution in [3.8, 4) is 17.0 Å². The third-order valence-corrected chi connectivity index (χ3v) is 4.33. The summed E-state index contributed by atoms with van der Waals surface area (Å²) in [5, 5.41) is 0.551. The number of aromatic nitrogens is 2. The fourth-order valence-electron chi connectivity index (χ4n) is 2.81. The van der Waals surface area contributed by atoms with Gasteiger partial charge in [0.15, 0.2) is 0 Å². The summed E-state index contributed by atoms with van der Waals surface area (Å²) < 4.78 is 40.8. The first-order valence-corrected chi connectivity index (χ1v) is 9.29. The minimum Gasteiger partial charge on any atom is -0.406 e. The predicted molar refractivity (Wildman–Crippen MR) is 108 cm³/mol. The fraction of sp³-hybridized carbons (Fsp3) is 0.190.